The fourth-order valence-corrected chi connectivity index (χ4v) is 5.25. The van der Waals surface area contributed by atoms with Crippen LogP contribution in [0.15, 0.2) is 94.2 Å². The highest BCUT2D eigenvalue weighted by atomic mass is 32.2. The van der Waals surface area contributed by atoms with Crippen LogP contribution in [0.1, 0.15) is 12.6 Å². The molecular weight excluding hydrogens is 464 g/mol. The molecule has 170 valence electrons. The number of nitrogens with one attached hydrogen (secondary N) is 1. The van der Waals surface area contributed by atoms with E-state index in [1.807, 2.05) is 91.2 Å². The van der Waals surface area contributed by atoms with Crippen molar-refractivity contribution >= 4 is 44.8 Å². The van der Waals surface area contributed by atoms with Gasteiger partial charge in [0.15, 0.2) is 10.3 Å². The third kappa shape index (κ3) is 4.83. The number of thioether (sulfide) groups is 1. The standard InChI is InChI=1S/C26H22N4O2S2/c1-2-32-21-14-12-18(13-15-21)27-25-28-19(16-33-25)17-34-26-29-23-11-7-6-10-22(23)24(31)30(26)20-8-4-3-5-9-20/h3-16H,2,17H2,1H3,(H,27,28). The van der Waals surface area contributed by atoms with E-state index in [1.54, 1.807) is 15.9 Å². The van der Waals surface area contributed by atoms with E-state index in [0.717, 1.165) is 27.9 Å². The van der Waals surface area contributed by atoms with E-state index < -0.39 is 0 Å². The molecule has 0 aliphatic carbocycles. The molecular formula is C26H22N4O2S2. The Hall–Kier alpha value is -3.62. The number of aromatic nitrogens is 3. The minimum Gasteiger partial charge on any atom is -0.494 e. The number of anilines is 2. The van der Waals surface area contributed by atoms with E-state index in [1.165, 1.54) is 11.8 Å². The summed E-state index contributed by atoms with van der Waals surface area (Å²) in [6.45, 7) is 2.61. The minimum atomic E-state index is -0.0737. The Balaban J connectivity index is 1.37. The Morgan fingerprint density at radius 3 is 2.53 bits per heavy atom. The van der Waals surface area contributed by atoms with Gasteiger partial charge in [-0.1, -0.05) is 42.1 Å². The SMILES string of the molecule is CCOc1ccc(Nc2nc(CSc3nc4ccccc4c(=O)n3-c3ccccc3)cs2)cc1. The molecule has 0 radical (unpaired) electrons. The summed E-state index contributed by atoms with van der Waals surface area (Å²) < 4.78 is 7.17. The number of nitrogens with zero attached hydrogens (tertiary/aromatic N) is 3. The van der Waals surface area contributed by atoms with Gasteiger partial charge in [0.05, 0.1) is 28.9 Å². The summed E-state index contributed by atoms with van der Waals surface area (Å²) in [4.78, 5) is 22.8. The van der Waals surface area contributed by atoms with Crippen molar-refractivity contribution in [1.29, 1.82) is 0 Å². The Morgan fingerprint density at radius 2 is 1.74 bits per heavy atom. The topological polar surface area (TPSA) is 69.0 Å². The molecule has 0 fully saturated rings. The van der Waals surface area contributed by atoms with Gasteiger partial charge in [-0.2, -0.15) is 0 Å². The Bertz CT molecular complexity index is 1460. The van der Waals surface area contributed by atoms with E-state index in [-0.39, 0.29) is 5.56 Å². The van der Waals surface area contributed by atoms with Crippen LogP contribution >= 0.6 is 23.1 Å². The van der Waals surface area contributed by atoms with E-state index in [9.17, 15) is 4.79 Å². The van der Waals surface area contributed by atoms with Crippen molar-refractivity contribution in [3.63, 3.8) is 0 Å². The first-order valence-corrected chi connectivity index (χ1v) is 12.7. The monoisotopic (exact) mass is 486 g/mol. The fraction of sp³-hybridized carbons (Fsp3) is 0.115. The summed E-state index contributed by atoms with van der Waals surface area (Å²) in [7, 11) is 0. The van der Waals surface area contributed by atoms with Gasteiger partial charge in [0, 0.05) is 16.8 Å². The van der Waals surface area contributed by atoms with Crippen LogP contribution in [0.25, 0.3) is 16.6 Å². The molecule has 6 nitrogen and oxygen atoms in total. The lowest BCUT2D eigenvalue weighted by molar-refractivity contribution is 0.340. The molecule has 0 aliphatic heterocycles. The van der Waals surface area contributed by atoms with Crippen molar-refractivity contribution in [2.24, 2.45) is 0 Å². The van der Waals surface area contributed by atoms with Crippen LogP contribution in [0.2, 0.25) is 0 Å². The first-order chi connectivity index (χ1) is 16.7. The van der Waals surface area contributed by atoms with E-state index in [0.29, 0.717) is 28.4 Å². The molecule has 2 aromatic heterocycles. The van der Waals surface area contributed by atoms with Gasteiger partial charge in [0.2, 0.25) is 0 Å². The summed E-state index contributed by atoms with van der Waals surface area (Å²) in [5, 5.41) is 7.42. The van der Waals surface area contributed by atoms with Gasteiger partial charge in [-0.25, -0.2) is 9.97 Å². The zero-order valence-corrected chi connectivity index (χ0v) is 20.1. The number of benzene rings is 3. The highest BCUT2D eigenvalue weighted by Gasteiger charge is 2.14. The molecule has 0 spiro atoms. The highest BCUT2D eigenvalue weighted by molar-refractivity contribution is 7.98. The molecule has 8 heteroatoms. The molecule has 0 aliphatic rings. The lowest BCUT2D eigenvalue weighted by Gasteiger charge is -2.12. The number of thiazole rings is 1. The lowest BCUT2D eigenvalue weighted by Crippen LogP contribution is -2.21. The first-order valence-electron chi connectivity index (χ1n) is 10.9. The van der Waals surface area contributed by atoms with Crippen LogP contribution in [0.3, 0.4) is 0 Å². The van der Waals surface area contributed by atoms with Crippen molar-refractivity contribution in [1.82, 2.24) is 14.5 Å². The molecule has 0 saturated carbocycles. The van der Waals surface area contributed by atoms with Crippen molar-refractivity contribution in [2.45, 2.75) is 17.8 Å². The molecule has 0 bridgehead atoms. The van der Waals surface area contributed by atoms with Gasteiger partial charge in [0.25, 0.3) is 5.56 Å². The maximum Gasteiger partial charge on any atom is 0.266 e. The van der Waals surface area contributed by atoms with Crippen LogP contribution in [0, 0.1) is 0 Å². The number of hydrogen-bond acceptors (Lipinski definition) is 7. The van der Waals surface area contributed by atoms with Gasteiger partial charge in [-0.05, 0) is 55.5 Å². The molecule has 5 rings (SSSR count). The second-order valence-electron chi connectivity index (χ2n) is 7.40. The van der Waals surface area contributed by atoms with Gasteiger partial charge in [-0.15, -0.1) is 11.3 Å². The van der Waals surface area contributed by atoms with Gasteiger partial charge in [0.1, 0.15) is 5.75 Å². The van der Waals surface area contributed by atoms with Gasteiger partial charge >= 0.3 is 0 Å². The van der Waals surface area contributed by atoms with Crippen LogP contribution < -0.4 is 15.6 Å². The highest BCUT2D eigenvalue weighted by Crippen LogP contribution is 2.28. The van der Waals surface area contributed by atoms with E-state index >= 15 is 0 Å². The maximum absolute atomic E-state index is 13.3. The van der Waals surface area contributed by atoms with Crippen molar-refractivity contribution in [3.8, 4) is 11.4 Å². The van der Waals surface area contributed by atoms with Crippen LogP contribution in [0.5, 0.6) is 5.75 Å². The first kappa shape index (κ1) is 22.2. The van der Waals surface area contributed by atoms with Gasteiger partial charge < -0.3 is 10.1 Å². The van der Waals surface area contributed by atoms with Gasteiger partial charge in [-0.3, -0.25) is 9.36 Å². The number of hydrogen-bond donors (Lipinski definition) is 1. The zero-order chi connectivity index (χ0) is 23.3. The summed E-state index contributed by atoms with van der Waals surface area (Å²) in [5.41, 5.74) is 3.29. The Morgan fingerprint density at radius 1 is 0.971 bits per heavy atom. The molecule has 0 atom stereocenters. The minimum absolute atomic E-state index is 0.0737. The third-order valence-electron chi connectivity index (χ3n) is 5.08. The van der Waals surface area contributed by atoms with Crippen molar-refractivity contribution < 1.29 is 4.74 Å². The largest absolute Gasteiger partial charge is 0.494 e. The third-order valence-corrected chi connectivity index (χ3v) is 6.86. The predicted molar refractivity (Wildman–Crippen MR) is 140 cm³/mol. The molecule has 34 heavy (non-hydrogen) atoms. The second kappa shape index (κ2) is 10.1. The molecule has 5 aromatic rings. The maximum atomic E-state index is 13.3. The molecule has 0 saturated heterocycles. The fourth-order valence-electron chi connectivity index (χ4n) is 3.51. The molecule has 1 N–H and O–H groups in total. The summed E-state index contributed by atoms with van der Waals surface area (Å²) in [5.74, 6) is 1.44. The summed E-state index contributed by atoms with van der Waals surface area (Å²) in [6.07, 6.45) is 0. The molecule has 2 heterocycles. The number of ether oxygens (including phenoxy) is 1. The van der Waals surface area contributed by atoms with Crippen LogP contribution in [0.4, 0.5) is 10.8 Å². The number of para-hydroxylation sites is 2. The van der Waals surface area contributed by atoms with E-state index in [2.05, 4.69) is 5.32 Å². The molecule has 0 unspecified atom stereocenters. The molecule has 3 aromatic carbocycles. The second-order valence-corrected chi connectivity index (χ2v) is 9.20. The van der Waals surface area contributed by atoms with Crippen molar-refractivity contribution in [3.05, 3.63) is 100 Å². The Kier molecular flexibility index (Phi) is 6.60. The smallest absolute Gasteiger partial charge is 0.266 e. The zero-order valence-electron chi connectivity index (χ0n) is 18.5. The average Bonchev–Trinajstić information content (AvgIpc) is 3.32. The normalized spacial score (nSPS) is 11.0. The summed E-state index contributed by atoms with van der Waals surface area (Å²) in [6, 6.07) is 24.9. The van der Waals surface area contributed by atoms with E-state index in [4.69, 9.17) is 14.7 Å². The van der Waals surface area contributed by atoms with Crippen molar-refractivity contribution in [2.75, 3.05) is 11.9 Å². The summed E-state index contributed by atoms with van der Waals surface area (Å²) >= 11 is 3.05. The molecule has 0 amide bonds. The van der Waals surface area contributed by atoms with Crippen LogP contribution in [-0.2, 0) is 5.75 Å². The average molecular weight is 487 g/mol. The quantitative estimate of drug-likeness (QED) is 0.206. The number of fused-ring (bicyclic) bond motifs is 1. The lowest BCUT2D eigenvalue weighted by atomic mass is 10.2. The number of rotatable bonds is 8. The Labute approximate surface area is 205 Å². The van der Waals surface area contributed by atoms with Crippen LogP contribution in [-0.4, -0.2) is 21.1 Å². The predicted octanol–water partition coefficient (Wildman–Crippen LogP) is 6.28.